The van der Waals surface area contributed by atoms with Crippen molar-refractivity contribution in [1.29, 1.82) is 0 Å². The molecule has 2 atom stereocenters. The number of carbonyl (C=O) groups excluding carboxylic acids is 1. The van der Waals surface area contributed by atoms with Gasteiger partial charge in [0, 0.05) is 12.1 Å². The molecule has 0 bridgehead atoms. The Morgan fingerprint density at radius 3 is 2.60 bits per heavy atom. The molecule has 1 aromatic rings. The summed E-state index contributed by atoms with van der Waals surface area (Å²) in [5, 5.41) is 27.9. The quantitative estimate of drug-likeness (QED) is 0.632. The van der Waals surface area contributed by atoms with E-state index in [9.17, 15) is 33.2 Å². The van der Waals surface area contributed by atoms with Crippen LogP contribution in [0.1, 0.15) is 26.3 Å². The number of hydrazone groups is 1. The van der Waals surface area contributed by atoms with Crippen LogP contribution in [0.5, 0.6) is 5.88 Å². The first-order valence-corrected chi connectivity index (χ1v) is 6.87. The van der Waals surface area contributed by atoms with Gasteiger partial charge in [-0.1, -0.05) is 0 Å². The molecule has 2 heterocycles. The largest absolute Gasteiger partial charge is 0.475 e. The number of halogens is 3. The summed E-state index contributed by atoms with van der Waals surface area (Å²) < 4.78 is 45.0. The Hall–Kier alpha value is -2.70. The summed E-state index contributed by atoms with van der Waals surface area (Å²) in [5.41, 5.74) is -4.13. The fourth-order valence-corrected chi connectivity index (χ4v) is 2.30. The first kappa shape index (κ1) is 18.6. The molecule has 0 aromatic carbocycles. The van der Waals surface area contributed by atoms with Crippen LogP contribution in [0.15, 0.2) is 11.3 Å². The summed E-state index contributed by atoms with van der Waals surface area (Å²) in [7, 11) is 1.11. The van der Waals surface area contributed by atoms with E-state index in [-0.39, 0.29) is 10.7 Å². The van der Waals surface area contributed by atoms with Gasteiger partial charge < -0.3 is 9.84 Å². The van der Waals surface area contributed by atoms with Gasteiger partial charge in [-0.25, -0.2) is 4.68 Å². The predicted molar refractivity (Wildman–Crippen MR) is 75.7 cm³/mol. The van der Waals surface area contributed by atoms with Gasteiger partial charge in [0.1, 0.15) is 12.2 Å². The number of nitrogens with zero attached hydrogens (tertiary/aromatic N) is 5. The van der Waals surface area contributed by atoms with E-state index in [2.05, 4.69) is 10.2 Å². The Morgan fingerprint density at radius 1 is 1.56 bits per heavy atom. The van der Waals surface area contributed by atoms with Crippen LogP contribution in [0.25, 0.3) is 0 Å². The molecule has 1 aliphatic heterocycles. The van der Waals surface area contributed by atoms with E-state index in [4.69, 9.17) is 4.74 Å². The third-order valence-electron chi connectivity index (χ3n) is 3.61. The molecule has 13 heteroatoms. The predicted octanol–water partition coefficient (Wildman–Crippen LogP) is 1.22. The Bertz CT molecular complexity index is 746. The second-order valence-electron chi connectivity index (χ2n) is 5.41. The third kappa shape index (κ3) is 3.01. The zero-order chi connectivity index (χ0) is 19.2. The van der Waals surface area contributed by atoms with E-state index in [0.717, 1.165) is 18.0 Å². The minimum atomic E-state index is -5.14. The third-order valence-corrected chi connectivity index (χ3v) is 3.61. The van der Waals surface area contributed by atoms with Crippen molar-refractivity contribution in [2.75, 3.05) is 7.11 Å². The fraction of sp³-hybridized carbons (Fsp3) is 0.583. The molecule has 0 radical (unpaired) electrons. The number of ether oxygens (including phenoxy) is 1. The van der Waals surface area contributed by atoms with Crippen LogP contribution in [0.2, 0.25) is 0 Å². The lowest BCUT2D eigenvalue weighted by Crippen LogP contribution is -2.57. The van der Waals surface area contributed by atoms with Crippen LogP contribution in [0.4, 0.5) is 18.9 Å². The van der Waals surface area contributed by atoms with E-state index >= 15 is 0 Å². The van der Waals surface area contributed by atoms with Gasteiger partial charge in [0.15, 0.2) is 0 Å². The van der Waals surface area contributed by atoms with Gasteiger partial charge in [-0.05, 0) is 13.8 Å². The summed E-state index contributed by atoms with van der Waals surface area (Å²) in [6.07, 6.45) is -5.18. The minimum Gasteiger partial charge on any atom is -0.475 e. The summed E-state index contributed by atoms with van der Waals surface area (Å²) >= 11 is 0. The van der Waals surface area contributed by atoms with Crippen molar-refractivity contribution < 1.29 is 32.7 Å². The zero-order valence-corrected chi connectivity index (χ0v) is 13.3. The molecule has 1 amide bonds. The van der Waals surface area contributed by atoms with Crippen molar-refractivity contribution in [1.82, 2.24) is 14.8 Å². The summed E-state index contributed by atoms with van der Waals surface area (Å²) in [6, 6.07) is -1.41. The molecular formula is C12H14F3N5O5. The second kappa shape index (κ2) is 5.98. The normalized spacial score (nSPS) is 21.9. The van der Waals surface area contributed by atoms with E-state index in [1.54, 1.807) is 0 Å². The molecular weight excluding hydrogens is 351 g/mol. The highest BCUT2D eigenvalue weighted by Gasteiger charge is 2.63. The molecule has 10 nitrogen and oxygen atoms in total. The second-order valence-corrected chi connectivity index (χ2v) is 5.41. The Balaban J connectivity index is 2.38. The molecule has 138 valence electrons. The molecule has 25 heavy (non-hydrogen) atoms. The van der Waals surface area contributed by atoms with Crippen molar-refractivity contribution in [3.8, 4) is 5.88 Å². The summed E-state index contributed by atoms with van der Waals surface area (Å²) in [6.45, 7) is 2.40. The Kier molecular flexibility index (Phi) is 4.46. The first-order valence-electron chi connectivity index (χ1n) is 6.87. The van der Waals surface area contributed by atoms with Gasteiger partial charge in [-0.2, -0.15) is 23.3 Å². The van der Waals surface area contributed by atoms with Crippen LogP contribution in [-0.2, 0) is 4.79 Å². The topological polar surface area (TPSA) is 123 Å². The van der Waals surface area contributed by atoms with Crippen LogP contribution in [0.3, 0.4) is 0 Å². The van der Waals surface area contributed by atoms with Crippen molar-refractivity contribution in [3.63, 3.8) is 0 Å². The van der Waals surface area contributed by atoms with Gasteiger partial charge in [0.2, 0.25) is 0 Å². The van der Waals surface area contributed by atoms with Crippen LogP contribution in [-0.4, -0.2) is 55.4 Å². The molecule has 2 rings (SSSR count). The lowest BCUT2D eigenvalue weighted by Gasteiger charge is -2.33. The van der Waals surface area contributed by atoms with Crippen LogP contribution in [0, 0.1) is 10.1 Å². The number of methoxy groups -OCH3 is 1. The van der Waals surface area contributed by atoms with Crippen LogP contribution >= 0.6 is 0 Å². The van der Waals surface area contributed by atoms with E-state index < -0.39 is 46.8 Å². The Morgan fingerprint density at radius 2 is 2.16 bits per heavy atom. The summed E-state index contributed by atoms with van der Waals surface area (Å²) in [5.74, 6) is -1.64. The molecule has 0 saturated carbocycles. The zero-order valence-electron chi connectivity index (χ0n) is 13.3. The van der Waals surface area contributed by atoms with Crippen molar-refractivity contribution in [2.45, 2.75) is 38.2 Å². The van der Waals surface area contributed by atoms with Gasteiger partial charge in [-0.3, -0.25) is 14.9 Å². The SMILES string of the molecule is COc1nn(C(C)C(=O)N2N=C(C)CC2(O)C(F)(F)F)cc1[N+](=O)[O-]. The lowest BCUT2D eigenvalue weighted by atomic mass is 10.1. The number of aromatic nitrogens is 2. The van der Waals surface area contributed by atoms with E-state index in [1.807, 2.05) is 0 Å². The highest BCUT2D eigenvalue weighted by atomic mass is 19.4. The smallest absolute Gasteiger partial charge is 0.438 e. The molecule has 2 unspecified atom stereocenters. The first-order chi connectivity index (χ1) is 11.4. The van der Waals surface area contributed by atoms with Crippen molar-refractivity contribution >= 4 is 17.3 Å². The molecule has 1 aliphatic rings. The number of carbonyl (C=O) groups is 1. The van der Waals surface area contributed by atoms with Gasteiger partial charge in [0.25, 0.3) is 11.6 Å². The van der Waals surface area contributed by atoms with Crippen molar-refractivity contribution in [2.24, 2.45) is 5.10 Å². The monoisotopic (exact) mass is 365 g/mol. The molecule has 0 fully saturated rings. The van der Waals surface area contributed by atoms with Gasteiger partial charge >= 0.3 is 17.7 Å². The average molecular weight is 365 g/mol. The molecule has 1 aromatic heterocycles. The standard InChI is InChI=1S/C12H14F3N5O5/c1-6-4-11(22,12(13,14)15)19(16-6)10(21)7(2)18-5-8(20(23)24)9(17-18)25-3/h5,7,22H,4H2,1-3H3. The van der Waals surface area contributed by atoms with Gasteiger partial charge in [-0.15, -0.1) is 5.10 Å². The lowest BCUT2D eigenvalue weighted by molar-refractivity contribution is -0.385. The fourth-order valence-electron chi connectivity index (χ4n) is 2.30. The Labute approximate surface area is 138 Å². The number of hydrogen-bond donors (Lipinski definition) is 1. The van der Waals surface area contributed by atoms with Crippen LogP contribution < -0.4 is 4.74 Å². The maximum absolute atomic E-state index is 13.2. The van der Waals surface area contributed by atoms with Crippen molar-refractivity contribution in [3.05, 3.63) is 16.3 Å². The maximum atomic E-state index is 13.2. The molecule has 0 spiro atoms. The number of hydrogen-bond acceptors (Lipinski definition) is 7. The van der Waals surface area contributed by atoms with Gasteiger partial charge in [0.05, 0.1) is 12.0 Å². The summed E-state index contributed by atoms with van der Waals surface area (Å²) in [4.78, 5) is 22.5. The molecule has 0 aliphatic carbocycles. The van der Waals surface area contributed by atoms with E-state index in [1.165, 1.54) is 13.8 Å². The number of nitro groups is 1. The minimum absolute atomic E-state index is 0.0625. The number of rotatable bonds is 4. The molecule has 1 N–H and O–H groups in total. The highest BCUT2D eigenvalue weighted by molar-refractivity contribution is 5.90. The average Bonchev–Trinajstić information content (AvgIpc) is 3.06. The highest BCUT2D eigenvalue weighted by Crippen LogP contribution is 2.41. The maximum Gasteiger partial charge on any atom is 0.438 e. The molecule has 0 saturated heterocycles. The van der Waals surface area contributed by atoms with E-state index in [0.29, 0.717) is 0 Å². The number of amides is 1. The number of alkyl halides is 3. The number of aliphatic hydroxyl groups is 1.